The van der Waals surface area contributed by atoms with Crippen LogP contribution in [0.15, 0.2) is 66.7 Å². The first kappa shape index (κ1) is 31.7. The van der Waals surface area contributed by atoms with Crippen molar-refractivity contribution in [3.05, 3.63) is 99.5 Å². The Labute approximate surface area is 269 Å². The van der Waals surface area contributed by atoms with Crippen molar-refractivity contribution in [2.24, 2.45) is 5.92 Å². The van der Waals surface area contributed by atoms with E-state index >= 15 is 8.78 Å². The largest absolute Gasteiger partial charge is 0.481 e. The topological polar surface area (TPSA) is 104 Å². The number of rotatable bonds is 11. The minimum absolute atomic E-state index is 0.223. The standard InChI is InChI=1S/C32H30Cl2F2N2O6S/c33-21-11-9-19(10-12-21)29-31(20-3-1-4-22(34)15-20)44-27(16-28(39)40)32(41)38(29)26(18-7-8-18)17-37(45(42,43)23-13-14-23)30-24(35)5-2-6-25(30)36/h1-6,9-12,15,18,23,26-27,29,31H,7-8,13-14,16-17H2,(H,39,40)/t26-,27+,29?,31?/m1/s1. The number of carbonyl (C=O) groups excluding carboxylic acids is 1. The maximum absolute atomic E-state index is 15.3. The SMILES string of the molecule is O=C(O)C[C@@H]1OC(c2cccc(Cl)c2)C(c2ccc(Cl)cc2)N([C@H](CN(c2c(F)cccc2F)S(=O)(=O)C2CC2)C2CC2)C1=O. The van der Waals surface area contributed by atoms with Crippen molar-refractivity contribution in [3.63, 3.8) is 0 Å². The number of amides is 1. The molecule has 0 radical (unpaired) electrons. The van der Waals surface area contributed by atoms with Crippen LogP contribution in [0.3, 0.4) is 0 Å². The first-order valence-electron chi connectivity index (χ1n) is 14.6. The molecule has 2 aliphatic carbocycles. The Bertz CT molecular complexity index is 1700. The molecule has 45 heavy (non-hydrogen) atoms. The number of sulfonamides is 1. The van der Waals surface area contributed by atoms with Crippen molar-refractivity contribution >= 4 is 50.8 Å². The zero-order valence-electron chi connectivity index (χ0n) is 23.9. The molecule has 8 nitrogen and oxygen atoms in total. The minimum atomic E-state index is -4.22. The fourth-order valence-electron chi connectivity index (χ4n) is 6.07. The van der Waals surface area contributed by atoms with Crippen LogP contribution in [0.4, 0.5) is 14.5 Å². The molecule has 1 saturated heterocycles. The zero-order valence-corrected chi connectivity index (χ0v) is 26.2. The number of morpholine rings is 1. The molecular formula is C32H30Cl2F2N2O6S. The van der Waals surface area contributed by atoms with Crippen molar-refractivity contribution in [1.82, 2.24) is 4.90 Å². The molecule has 1 aliphatic heterocycles. The number of anilines is 1. The maximum Gasteiger partial charge on any atom is 0.306 e. The minimum Gasteiger partial charge on any atom is -0.481 e. The molecule has 1 N–H and O–H groups in total. The summed E-state index contributed by atoms with van der Waals surface area (Å²) in [6.45, 7) is -0.431. The van der Waals surface area contributed by atoms with E-state index in [1.165, 1.54) is 4.90 Å². The third-order valence-corrected chi connectivity index (χ3v) is 11.2. The normalized spacial score (nSPS) is 22.7. The van der Waals surface area contributed by atoms with Gasteiger partial charge in [-0.25, -0.2) is 17.2 Å². The molecule has 1 amide bonds. The lowest BCUT2D eigenvalue weighted by Crippen LogP contribution is -2.59. The highest BCUT2D eigenvalue weighted by Crippen LogP contribution is 2.49. The highest BCUT2D eigenvalue weighted by atomic mass is 35.5. The number of carbonyl (C=O) groups is 2. The van der Waals surface area contributed by atoms with E-state index in [1.54, 1.807) is 48.5 Å². The molecule has 3 aromatic rings. The Hall–Kier alpha value is -3.25. The first-order chi connectivity index (χ1) is 21.5. The number of carboxylic acids is 1. The van der Waals surface area contributed by atoms with Gasteiger partial charge in [-0.15, -0.1) is 0 Å². The Kier molecular flexibility index (Phi) is 8.82. The predicted octanol–water partition coefficient (Wildman–Crippen LogP) is 6.53. The van der Waals surface area contributed by atoms with Gasteiger partial charge < -0.3 is 14.7 Å². The van der Waals surface area contributed by atoms with Crippen molar-refractivity contribution in [1.29, 1.82) is 0 Å². The van der Waals surface area contributed by atoms with Crippen LogP contribution in [0.25, 0.3) is 0 Å². The van der Waals surface area contributed by atoms with Gasteiger partial charge in [0.1, 0.15) is 17.9 Å². The van der Waals surface area contributed by atoms with Crippen LogP contribution in [-0.4, -0.2) is 54.2 Å². The van der Waals surface area contributed by atoms with Gasteiger partial charge in [0, 0.05) is 10.0 Å². The summed E-state index contributed by atoms with van der Waals surface area (Å²) >= 11 is 12.6. The Balaban J connectivity index is 1.52. The predicted molar refractivity (Wildman–Crippen MR) is 165 cm³/mol. The average molecular weight is 680 g/mol. The summed E-state index contributed by atoms with van der Waals surface area (Å²) < 4.78 is 65.2. The second-order valence-electron chi connectivity index (χ2n) is 11.7. The number of para-hydroxylation sites is 1. The van der Waals surface area contributed by atoms with E-state index in [9.17, 15) is 23.1 Å². The lowest BCUT2D eigenvalue weighted by atomic mass is 9.89. The van der Waals surface area contributed by atoms with Crippen molar-refractivity contribution in [3.8, 4) is 0 Å². The number of aliphatic carboxylic acids is 1. The fraction of sp³-hybridized carbons (Fsp3) is 0.375. The van der Waals surface area contributed by atoms with Gasteiger partial charge in [0.05, 0.1) is 30.3 Å². The van der Waals surface area contributed by atoms with E-state index < -0.39 is 81.7 Å². The molecule has 2 unspecified atom stereocenters. The van der Waals surface area contributed by atoms with E-state index in [4.69, 9.17) is 27.9 Å². The molecule has 6 rings (SSSR count). The van der Waals surface area contributed by atoms with Crippen LogP contribution in [0.2, 0.25) is 10.0 Å². The summed E-state index contributed by atoms with van der Waals surface area (Å²) in [4.78, 5) is 27.7. The maximum atomic E-state index is 15.3. The van der Waals surface area contributed by atoms with Gasteiger partial charge in [-0.05, 0) is 79.1 Å². The molecule has 1 heterocycles. The van der Waals surface area contributed by atoms with Crippen molar-refractivity contribution < 1.29 is 36.6 Å². The molecule has 13 heteroatoms. The molecule has 3 aromatic carbocycles. The highest BCUT2D eigenvalue weighted by Gasteiger charge is 2.52. The molecule has 238 valence electrons. The van der Waals surface area contributed by atoms with Crippen LogP contribution >= 0.6 is 23.2 Å². The van der Waals surface area contributed by atoms with Crippen molar-refractivity contribution in [2.75, 3.05) is 10.8 Å². The number of nitrogens with zero attached hydrogens (tertiary/aromatic N) is 2. The Morgan fingerprint density at radius 2 is 1.60 bits per heavy atom. The first-order valence-corrected chi connectivity index (χ1v) is 16.9. The number of ether oxygens (including phenoxy) is 1. The van der Waals surface area contributed by atoms with Crippen LogP contribution in [0.5, 0.6) is 0 Å². The van der Waals surface area contributed by atoms with Gasteiger partial charge in [0.15, 0.2) is 11.6 Å². The van der Waals surface area contributed by atoms with E-state index in [1.807, 2.05) is 0 Å². The molecule has 0 aromatic heterocycles. The van der Waals surface area contributed by atoms with Crippen LogP contribution in [0, 0.1) is 17.6 Å². The summed E-state index contributed by atoms with van der Waals surface area (Å²) in [5.74, 6) is -4.24. The Morgan fingerprint density at radius 3 is 2.18 bits per heavy atom. The monoisotopic (exact) mass is 678 g/mol. The third-order valence-electron chi connectivity index (χ3n) is 8.49. The Morgan fingerprint density at radius 1 is 0.956 bits per heavy atom. The van der Waals surface area contributed by atoms with Crippen molar-refractivity contribution in [2.45, 2.75) is 61.6 Å². The van der Waals surface area contributed by atoms with Gasteiger partial charge in [-0.2, -0.15) is 0 Å². The second kappa shape index (κ2) is 12.5. The zero-order chi connectivity index (χ0) is 32.0. The number of hydrogen-bond donors (Lipinski definition) is 1. The molecular weight excluding hydrogens is 649 g/mol. The molecule has 4 atom stereocenters. The molecule has 3 fully saturated rings. The van der Waals surface area contributed by atoms with Gasteiger partial charge in [-0.1, -0.05) is 53.5 Å². The van der Waals surface area contributed by atoms with Gasteiger partial charge in [0.25, 0.3) is 5.91 Å². The summed E-state index contributed by atoms with van der Waals surface area (Å²) in [7, 11) is -4.22. The number of benzene rings is 3. The van der Waals surface area contributed by atoms with Crippen LogP contribution in [-0.2, 0) is 24.3 Å². The second-order valence-corrected chi connectivity index (χ2v) is 14.7. The average Bonchev–Trinajstić information content (AvgIpc) is 3.90. The smallest absolute Gasteiger partial charge is 0.306 e. The summed E-state index contributed by atoms with van der Waals surface area (Å²) in [5, 5.41) is 9.74. The molecule has 2 saturated carbocycles. The van der Waals surface area contributed by atoms with Gasteiger partial charge >= 0.3 is 5.97 Å². The number of halogens is 4. The van der Waals surface area contributed by atoms with Gasteiger partial charge in [0.2, 0.25) is 10.0 Å². The lowest BCUT2D eigenvalue weighted by Gasteiger charge is -2.49. The fourth-order valence-corrected chi connectivity index (χ4v) is 8.28. The summed E-state index contributed by atoms with van der Waals surface area (Å²) in [6.07, 6.45) is -1.03. The molecule has 3 aliphatic rings. The van der Waals surface area contributed by atoms with Gasteiger partial charge in [-0.3, -0.25) is 13.9 Å². The van der Waals surface area contributed by atoms with E-state index in [2.05, 4.69) is 0 Å². The van der Waals surface area contributed by atoms with E-state index in [0.717, 1.165) is 22.5 Å². The van der Waals surface area contributed by atoms with Crippen LogP contribution < -0.4 is 4.31 Å². The van der Waals surface area contributed by atoms with E-state index in [0.29, 0.717) is 46.9 Å². The molecule has 0 bridgehead atoms. The van der Waals surface area contributed by atoms with Crippen LogP contribution in [0.1, 0.15) is 55.4 Å². The lowest BCUT2D eigenvalue weighted by molar-refractivity contribution is -0.183. The quantitative estimate of drug-likeness (QED) is 0.247. The third kappa shape index (κ3) is 6.54. The number of hydrogen-bond acceptors (Lipinski definition) is 5. The summed E-state index contributed by atoms with van der Waals surface area (Å²) in [6, 6.07) is 14.9. The van der Waals surface area contributed by atoms with E-state index in [-0.39, 0.29) is 5.92 Å². The highest BCUT2D eigenvalue weighted by molar-refractivity contribution is 7.93. The molecule has 0 spiro atoms. The number of carboxylic acid groups (broad SMARTS) is 1. The summed E-state index contributed by atoms with van der Waals surface area (Å²) in [5.41, 5.74) is 0.450.